The summed E-state index contributed by atoms with van der Waals surface area (Å²) in [5, 5.41) is 12.8. The van der Waals surface area contributed by atoms with Gasteiger partial charge in [-0.3, -0.25) is 4.79 Å². The van der Waals surface area contributed by atoms with E-state index in [0.717, 1.165) is 11.5 Å². The van der Waals surface area contributed by atoms with E-state index in [-0.39, 0.29) is 35.5 Å². The molecule has 0 amide bonds. The normalized spacial score (nSPS) is 17.9. The van der Waals surface area contributed by atoms with E-state index >= 15 is 0 Å². The number of carbonyl (C=O) groups is 1. The molecule has 3 nitrogen and oxygen atoms in total. The van der Waals surface area contributed by atoms with Crippen molar-refractivity contribution in [3.05, 3.63) is 98.6 Å². The van der Waals surface area contributed by atoms with Gasteiger partial charge in [-0.05, 0) is 75.5 Å². The maximum atomic E-state index is 12.2. The smallest absolute Gasteiger partial charge is 0.395 e. The summed E-state index contributed by atoms with van der Waals surface area (Å²) < 4.78 is 0. The molecule has 2 fully saturated rings. The van der Waals surface area contributed by atoms with Crippen molar-refractivity contribution in [1.29, 1.82) is 0 Å². The molecule has 1 unspecified atom stereocenters. The maximum absolute atomic E-state index is 12.2. The van der Waals surface area contributed by atoms with E-state index in [1.807, 2.05) is 69.9 Å². The van der Waals surface area contributed by atoms with Crippen LogP contribution in [-0.4, -0.2) is 24.0 Å². The van der Waals surface area contributed by atoms with Gasteiger partial charge in [0, 0.05) is 29.9 Å². The van der Waals surface area contributed by atoms with Gasteiger partial charge < -0.3 is 10.4 Å². The average Bonchev–Trinajstić information content (AvgIpc) is 3.35. The van der Waals surface area contributed by atoms with Crippen LogP contribution in [0, 0.1) is 63.7 Å². The number of rotatable bonds is 7. The number of hydrogen-bond donors (Lipinski definition) is 2. The van der Waals surface area contributed by atoms with Crippen LogP contribution < -0.4 is 5.32 Å². The number of aliphatic hydroxyl groups is 1. The van der Waals surface area contributed by atoms with E-state index in [4.69, 9.17) is 16.7 Å². The molecule has 2 N–H and O–H groups in total. The third-order valence-corrected chi connectivity index (χ3v) is 3.96. The van der Waals surface area contributed by atoms with Gasteiger partial charge in [0.05, 0.1) is 6.61 Å². The third-order valence-electron chi connectivity index (χ3n) is 3.70. The number of halogens is 1. The van der Waals surface area contributed by atoms with Gasteiger partial charge in [0.15, 0.2) is 0 Å². The number of nitrogens with one attached hydrogen (secondary N) is 1. The Morgan fingerprint density at radius 1 is 0.962 bits per heavy atom. The minimum atomic E-state index is -0.123. The Hall–Kier alpha value is -0.381. The van der Waals surface area contributed by atoms with Crippen molar-refractivity contribution in [1.82, 2.24) is 5.32 Å². The number of hydrogen-bond acceptors (Lipinski definition) is 3. The molecule has 26 heavy (non-hydrogen) atoms. The van der Waals surface area contributed by atoms with Crippen LogP contribution in [0.3, 0.4) is 0 Å². The molecule has 2 aliphatic rings. The number of Topliss-reactive ketones (excluding diaryl/α,β-unsaturated/α-hetero) is 1. The molecule has 10 radical (unpaired) electrons. The first-order chi connectivity index (χ1) is 12.2. The van der Waals surface area contributed by atoms with Crippen molar-refractivity contribution in [2.24, 2.45) is 0 Å². The van der Waals surface area contributed by atoms with Crippen LogP contribution in [0.5, 0.6) is 0 Å². The fraction of sp³-hybridized carbons (Fsp3) is 0.190. The van der Waals surface area contributed by atoms with Crippen molar-refractivity contribution in [2.75, 3.05) is 13.2 Å². The van der Waals surface area contributed by atoms with Gasteiger partial charge in [-0.1, -0.05) is 23.7 Å². The SMILES string of the molecule is O=C(CC(NCCO)c1ccc(Cl)cc1)[C]1[CH][CH][CH][CH]1.[CH]1[CH][CH][CH][CH]1.[Fe+2]. The van der Waals surface area contributed by atoms with Crippen LogP contribution in [0.15, 0.2) is 24.3 Å². The van der Waals surface area contributed by atoms with Gasteiger partial charge in [-0.15, -0.1) is 0 Å². The molecule has 2 saturated carbocycles. The monoisotopic (exact) mass is 411 g/mol. The maximum Gasteiger partial charge on any atom is 2.00 e. The van der Waals surface area contributed by atoms with E-state index in [9.17, 15) is 4.79 Å². The van der Waals surface area contributed by atoms with Gasteiger partial charge in [0.2, 0.25) is 0 Å². The largest absolute Gasteiger partial charge is 2.00 e. The zero-order valence-electron chi connectivity index (χ0n) is 14.3. The average molecular weight is 412 g/mol. The minimum absolute atomic E-state index is 0. The van der Waals surface area contributed by atoms with Crippen LogP contribution in [-0.2, 0) is 21.9 Å². The van der Waals surface area contributed by atoms with E-state index < -0.39 is 0 Å². The predicted octanol–water partition coefficient (Wildman–Crippen LogP) is 3.35. The first-order valence-corrected chi connectivity index (χ1v) is 8.60. The van der Waals surface area contributed by atoms with E-state index in [1.165, 1.54) is 0 Å². The fourth-order valence-corrected chi connectivity index (χ4v) is 2.55. The summed E-state index contributed by atoms with van der Waals surface area (Å²) in [7, 11) is 0. The Morgan fingerprint density at radius 2 is 1.50 bits per heavy atom. The molecule has 1 aromatic rings. The standard InChI is InChI=1S/C16H17ClNO2.C5H5.Fe/c17-14-7-5-12(6-8-14)15(18-9-10-19)11-16(20)13-3-1-2-4-13;1-2-4-5-3-1;/h1-8,15,18-19H,9-11H2;1-5H;/q;;+2. The van der Waals surface area contributed by atoms with Crippen molar-refractivity contribution in [2.45, 2.75) is 12.5 Å². The number of carbonyl (C=O) groups excluding carboxylic acids is 1. The predicted molar refractivity (Wildman–Crippen MR) is 101 cm³/mol. The van der Waals surface area contributed by atoms with E-state index in [2.05, 4.69) is 5.32 Å². The van der Waals surface area contributed by atoms with Gasteiger partial charge in [0.25, 0.3) is 0 Å². The van der Waals surface area contributed by atoms with E-state index in [0.29, 0.717) is 18.0 Å². The van der Waals surface area contributed by atoms with Gasteiger partial charge in [-0.2, -0.15) is 0 Å². The van der Waals surface area contributed by atoms with Crippen LogP contribution >= 0.6 is 11.6 Å². The summed E-state index contributed by atoms with van der Waals surface area (Å²) in [5.74, 6) is 0.801. The Bertz CT molecular complexity index is 492. The van der Waals surface area contributed by atoms with Crippen molar-refractivity contribution < 1.29 is 27.0 Å². The molecule has 0 spiro atoms. The first-order valence-electron chi connectivity index (χ1n) is 8.22. The molecule has 5 heteroatoms. The molecule has 0 saturated heterocycles. The van der Waals surface area contributed by atoms with Gasteiger partial charge in [-0.25, -0.2) is 0 Å². The van der Waals surface area contributed by atoms with Crippen molar-refractivity contribution in [3.63, 3.8) is 0 Å². The summed E-state index contributed by atoms with van der Waals surface area (Å²) in [6.45, 7) is 0.482. The van der Waals surface area contributed by atoms with Gasteiger partial charge >= 0.3 is 17.1 Å². The Morgan fingerprint density at radius 3 is 2.00 bits per heavy atom. The molecular weight excluding hydrogens is 390 g/mol. The zero-order chi connectivity index (χ0) is 17.9. The molecule has 0 bridgehead atoms. The summed E-state index contributed by atoms with van der Waals surface area (Å²) in [4.78, 5) is 12.2. The van der Waals surface area contributed by atoms with Gasteiger partial charge in [0.1, 0.15) is 5.78 Å². The van der Waals surface area contributed by atoms with Crippen LogP contribution in [0.1, 0.15) is 18.0 Å². The molecule has 0 aliphatic heterocycles. The Balaban J connectivity index is 0.000000486. The zero-order valence-corrected chi connectivity index (χ0v) is 16.2. The molecule has 2 aliphatic carbocycles. The molecule has 1 atom stereocenters. The van der Waals surface area contributed by atoms with Crippen LogP contribution in [0.4, 0.5) is 0 Å². The summed E-state index contributed by atoms with van der Waals surface area (Å²) in [6.07, 6.45) is 17.7. The minimum Gasteiger partial charge on any atom is -0.395 e. The second kappa shape index (κ2) is 13.7. The second-order valence-electron chi connectivity index (χ2n) is 5.54. The number of benzene rings is 1. The fourth-order valence-electron chi connectivity index (χ4n) is 2.43. The Kier molecular flexibility index (Phi) is 12.5. The van der Waals surface area contributed by atoms with Crippen LogP contribution in [0.2, 0.25) is 5.02 Å². The molecular formula is C21H22ClFeNO2+2. The first kappa shape index (κ1) is 23.7. The van der Waals surface area contributed by atoms with E-state index in [1.54, 1.807) is 12.1 Å². The summed E-state index contributed by atoms with van der Waals surface area (Å²) in [6, 6.07) is 7.28. The molecule has 136 valence electrons. The molecule has 0 aromatic heterocycles. The molecule has 0 heterocycles. The topological polar surface area (TPSA) is 49.3 Å². The molecule has 1 aromatic carbocycles. The third kappa shape index (κ3) is 8.54. The molecule has 3 rings (SSSR count). The summed E-state index contributed by atoms with van der Waals surface area (Å²) in [5.41, 5.74) is 0.989. The van der Waals surface area contributed by atoms with Crippen molar-refractivity contribution in [3.8, 4) is 0 Å². The van der Waals surface area contributed by atoms with Crippen molar-refractivity contribution >= 4 is 17.4 Å². The van der Waals surface area contributed by atoms with Crippen LogP contribution in [0.25, 0.3) is 0 Å². The summed E-state index contributed by atoms with van der Waals surface area (Å²) >= 11 is 5.88. The quantitative estimate of drug-likeness (QED) is 0.677. The Labute approximate surface area is 173 Å². The second-order valence-corrected chi connectivity index (χ2v) is 5.98. The number of aliphatic hydroxyl groups excluding tert-OH is 1. The number of ketones is 1.